The Balaban J connectivity index is 1.41. The van der Waals surface area contributed by atoms with Gasteiger partial charge in [0, 0.05) is 29.6 Å². The summed E-state index contributed by atoms with van der Waals surface area (Å²) in [5.41, 5.74) is 5.99. The van der Waals surface area contributed by atoms with Crippen LogP contribution in [0.1, 0.15) is 16.7 Å². The fraction of sp³-hybridized carbons (Fsp3) is 0.125. The van der Waals surface area contributed by atoms with Crippen LogP contribution in [0.2, 0.25) is 5.02 Å². The molecule has 6 nitrogen and oxygen atoms in total. The molecule has 2 aromatic heterocycles. The van der Waals surface area contributed by atoms with Gasteiger partial charge < -0.3 is 9.62 Å². The van der Waals surface area contributed by atoms with Gasteiger partial charge in [0.2, 0.25) is 0 Å². The molecule has 1 aliphatic heterocycles. The second-order valence-corrected chi connectivity index (χ2v) is 8.78. The first-order valence-corrected chi connectivity index (χ1v) is 11.5. The summed E-state index contributed by atoms with van der Waals surface area (Å²) < 4.78 is 2.22. The van der Waals surface area contributed by atoms with Crippen LogP contribution < -0.4 is 9.62 Å². The van der Waals surface area contributed by atoms with E-state index in [1.54, 1.807) is 24.3 Å². The highest BCUT2D eigenvalue weighted by Crippen LogP contribution is 2.40. The third-order valence-electron chi connectivity index (χ3n) is 5.33. The van der Waals surface area contributed by atoms with Crippen molar-refractivity contribution in [2.45, 2.75) is 12.2 Å². The van der Waals surface area contributed by atoms with Crippen LogP contribution in [0.5, 0.6) is 0 Å². The molecule has 1 aliphatic rings. The summed E-state index contributed by atoms with van der Waals surface area (Å²) in [5.74, 6) is 2.24. The lowest BCUT2D eigenvalue weighted by Crippen LogP contribution is -2.12. The minimum atomic E-state index is 0.682. The zero-order valence-corrected chi connectivity index (χ0v) is 18.6. The lowest BCUT2D eigenvalue weighted by atomic mass is 9.99. The van der Waals surface area contributed by atoms with Crippen molar-refractivity contribution in [1.82, 2.24) is 15.2 Å². The van der Waals surface area contributed by atoms with E-state index in [0.29, 0.717) is 11.4 Å². The van der Waals surface area contributed by atoms with Crippen LogP contribution in [0.3, 0.4) is 0 Å². The fourth-order valence-corrected chi connectivity index (χ4v) is 5.19. The molecule has 32 heavy (non-hydrogen) atoms. The second kappa shape index (κ2) is 8.95. The van der Waals surface area contributed by atoms with Gasteiger partial charge in [0.1, 0.15) is 17.7 Å². The SMILES string of the molecule is N#Cc1cc(-c2ccnc(Nc3ccn[nH]3)c2)cc2c1N(SCc1ccccc1Cl)CC2. The maximum Gasteiger partial charge on any atom is 0.132 e. The minimum Gasteiger partial charge on any atom is -0.325 e. The standard InChI is InChI=1S/C24H19ClN6S/c25-21-4-2-1-3-18(21)15-32-31-10-7-17-11-19(12-20(14-26)24(17)31)16-5-8-27-23(13-16)29-22-6-9-28-30-22/h1-6,8-9,11-13H,7,10,15H2,(H2,27,28,29,30). The molecule has 0 atom stereocenters. The number of H-pyrrole nitrogens is 1. The number of anilines is 3. The van der Waals surface area contributed by atoms with Crippen molar-refractivity contribution in [2.75, 3.05) is 16.2 Å². The lowest BCUT2D eigenvalue weighted by Gasteiger charge is -2.20. The number of aromatic nitrogens is 3. The summed E-state index contributed by atoms with van der Waals surface area (Å²) in [6.45, 7) is 0.867. The van der Waals surface area contributed by atoms with Gasteiger partial charge in [-0.25, -0.2) is 4.98 Å². The summed E-state index contributed by atoms with van der Waals surface area (Å²) in [4.78, 5) is 4.38. The van der Waals surface area contributed by atoms with Crippen molar-refractivity contribution >= 4 is 40.9 Å². The Morgan fingerprint density at radius 1 is 1.12 bits per heavy atom. The van der Waals surface area contributed by atoms with Crippen LogP contribution in [0, 0.1) is 11.3 Å². The summed E-state index contributed by atoms with van der Waals surface area (Å²) in [5, 5.41) is 20.7. The average molecular weight is 459 g/mol. The maximum atomic E-state index is 9.90. The molecule has 0 bridgehead atoms. The number of nitriles is 1. The number of hydrogen-bond donors (Lipinski definition) is 2. The number of nitrogens with one attached hydrogen (secondary N) is 2. The zero-order chi connectivity index (χ0) is 21.9. The van der Waals surface area contributed by atoms with Crippen molar-refractivity contribution in [3.05, 3.63) is 88.7 Å². The normalized spacial score (nSPS) is 12.4. The van der Waals surface area contributed by atoms with Gasteiger partial charge in [-0.15, -0.1) is 0 Å². The quantitative estimate of drug-likeness (QED) is 0.347. The van der Waals surface area contributed by atoms with Gasteiger partial charge in [0.05, 0.1) is 17.4 Å². The van der Waals surface area contributed by atoms with E-state index in [4.69, 9.17) is 11.6 Å². The number of nitrogens with zero attached hydrogens (tertiary/aromatic N) is 4. The van der Waals surface area contributed by atoms with Gasteiger partial charge >= 0.3 is 0 Å². The molecule has 0 spiro atoms. The number of benzene rings is 2. The highest BCUT2D eigenvalue weighted by atomic mass is 35.5. The topological polar surface area (TPSA) is 80.6 Å². The minimum absolute atomic E-state index is 0.682. The smallest absolute Gasteiger partial charge is 0.132 e. The number of halogens is 1. The molecule has 0 saturated carbocycles. The summed E-state index contributed by atoms with van der Waals surface area (Å²) in [6, 6.07) is 20.2. The molecule has 3 heterocycles. The molecule has 5 rings (SSSR count). The lowest BCUT2D eigenvalue weighted by molar-refractivity contribution is 1.05. The molecule has 0 radical (unpaired) electrons. The predicted molar refractivity (Wildman–Crippen MR) is 130 cm³/mol. The summed E-state index contributed by atoms with van der Waals surface area (Å²) in [6.07, 6.45) is 4.35. The van der Waals surface area contributed by atoms with Gasteiger partial charge in [-0.3, -0.25) is 5.10 Å². The van der Waals surface area contributed by atoms with Gasteiger partial charge in [-0.05, 0) is 71.0 Å². The van der Waals surface area contributed by atoms with Crippen LogP contribution in [0.25, 0.3) is 11.1 Å². The van der Waals surface area contributed by atoms with E-state index < -0.39 is 0 Å². The Morgan fingerprint density at radius 3 is 2.84 bits per heavy atom. The van der Waals surface area contributed by atoms with E-state index in [1.165, 1.54) is 5.56 Å². The van der Waals surface area contributed by atoms with Crippen molar-refractivity contribution in [2.24, 2.45) is 0 Å². The van der Waals surface area contributed by atoms with Gasteiger partial charge in [-0.2, -0.15) is 10.4 Å². The fourth-order valence-electron chi connectivity index (χ4n) is 3.80. The number of fused-ring (bicyclic) bond motifs is 1. The second-order valence-electron chi connectivity index (χ2n) is 7.39. The monoisotopic (exact) mass is 458 g/mol. The van der Waals surface area contributed by atoms with Gasteiger partial charge in [0.25, 0.3) is 0 Å². The molecule has 0 amide bonds. The molecular weight excluding hydrogens is 440 g/mol. The van der Waals surface area contributed by atoms with Gasteiger partial charge in [0.15, 0.2) is 0 Å². The van der Waals surface area contributed by atoms with Crippen LogP contribution in [-0.4, -0.2) is 21.7 Å². The molecule has 158 valence electrons. The molecule has 0 saturated heterocycles. The Morgan fingerprint density at radius 2 is 2.03 bits per heavy atom. The van der Waals surface area contributed by atoms with E-state index in [1.807, 2.05) is 48.5 Å². The van der Waals surface area contributed by atoms with E-state index in [2.05, 4.69) is 36.9 Å². The Hall–Kier alpha value is -3.47. The van der Waals surface area contributed by atoms with Crippen LogP contribution in [-0.2, 0) is 12.2 Å². The Labute approximate surface area is 195 Å². The number of hydrogen-bond acceptors (Lipinski definition) is 6. The Bertz CT molecular complexity index is 1300. The first-order chi connectivity index (χ1) is 15.7. The molecule has 4 aromatic rings. The van der Waals surface area contributed by atoms with Crippen molar-refractivity contribution in [3.63, 3.8) is 0 Å². The van der Waals surface area contributed by atoms with E-state index in [0.717, 1.165) is 51.9 Å². The summed E-state index contributed by atoms with van der Waals surface area (Å²) >= 11 is 8.01. The molecule has 8 heteroatoms. The van der Waals surface area contributed by atoms with Crippen molar-refractivity contribution < 1.29 is 0 Å². The third kappa shape index (κ3) is 4.15. The Kier molecular flexibility index (Phi) is 5.71. The third-order valence-corrected chi connectivity index (χ3v) is 6.82. The molecular formula is C24H19ClN6S. The van der Waals surface area contributed by atoms with Crippen LogP contribution >= 0.6 is 23.5 Å². The maximum absolute atomic E-state index is 9.90. The first kappa shape index (κ1) is 20.4. The number of pyridine rings is 1. The molecule has 2 aromatic carbocycles. The van der Waals surface area contributed by atoms with Crippen LogP contribution in [0.4, 0.5) is 17.3 Å². The molecule has 2 N–H and O–H groups in total. The molecule has 0 unspecified atom stereocenters. The number of aromatic amines is 1. The number of rotatable bonds is 6. The van der Waals surface area contributed by atoms with Gasteiger partial charge in [-0.1, -0.05) is 29.8 Å². The highest BCUT2D eigenvalue weighted by molar-refractivity contribution is 7.99. The molecule has 0 aliphatic carbocycles. The predicted octanol–water partition coefficient (Wildman–Crippen LogP) is 5.95. The van der Waals surface area contributed by atoms with E-state index >= 15 is 0 Å². The highest BCUT2D eigenvalue weighted by Gasteiger charge is 2.24. The van der Waals surface area contributed by atoms with Crippen molar-refractivity contribution in [1.29, 1.82) is 5.26 Å². The van der Waals surface area contributed by atoms with E-state index in [9.17, 15) is 5.26 Å². The van der Waals surface area contributed by atoms with E-state index in [-0.39, 0.29) is 0 Å². The molecule has 0 fully saturated rings. The van der Waals surface area contributed by atoms with Crippen LogP contribution in [0.15, 0.2) is 67.0 Å². The largest absolute Gasteiger partial charge is 0.325 e. The average Bonchev–Trinajstić information content (AvgIpc) is 3.48. The first-order valence-electron chi connectivity index (χ1n) is 10.1. The van der Waals surface area contributed by atoms with Crippen molar-refractivity contribution in [3.8, 4) is 17.2 Å². The zero-order valence-electron chi connectivity index (χ0n) is 17.0. The summed E-state index contributed by atoms with van der Waals surface area (Å²) in [7, 11) is 0.